The van der Waals surface area contributed by atoms with Crippen molar-refractivity contribution in [2.75, 3.05) is 0 Å². The molecule has 0 amide bonds. The molecule has 0 saturated heterocycles. The van der Waals surface area contributed by atoms with E-state index in [4.69, 9.17) is 27.9 Å². The fourth-order valence-corrected chi connectivity index (χ4v) is 1.67. The van der Waals surface area contributed by atoms with E-state index >= 15 is 0 Å². The van der Waals surface area contributed by atoms with Gasteiger partial charge in [0.25, 0.3) is 5.69 Å². The second-order valence-corrected chi connectivity index (χ2v) is 4.31. The van der Waals surface area contributed by atoms with Crippen LogP contribution in [-0.2, 0) is 0 Å². The van der Waals surface area contributed by atoms with E-state index in [9.17, 15) is 20.2 Å². The van der Waals surface area contributed by atoms with Gasteiger partial charge in [-0.2, -0.15) is 4.98 Å². The van der Waals surface area contributed by atoms with E-state index in [1.54, 1.807) is 0 Å². The minimum absolute atomic E-state index is 0.0415. The van der Waals surface area contributed by atoms with Crippen molar-refractivity contribution in [3.05, 3.63) is 54.9 Å². The van der Waals surface area contributed by atoms with Crippen LogP contribution in [-0.4, -0.2) is 19.8 Å². The first-order valence-corrected chi connectivity index (χ1v) is 5.93. The summed E-state index contributed by atoms with van der Waals surface area (Å²) >= 11 is 11.4. The fraction of sp³-hybridized carbons (Fsp3) is 0. The largest absolute Gasteiger partial charge is 0.432 e. The lowest BCUT2D eigenvalue weighted by Crippen LogP contribution is -1.98. The molecule has 0 saturated carbocycles. The lowest BCUT2D eigenvalue weighted by atomic mass is 10.3. The molecule has 0 unspecified atom stereocenters. The quantitative estimate of drug-likeness (QED) is 0.478. The van der Waals surface area contributed by atoms with Crippen LogP contribution in [0, 0.1) is 20.2 Å². The molecule has 0 aliphatic carbocycles. The minimum Gasteiger partial charge on any atom is -0.432 e. The number of hydrogen-bond acceptors (Lipinski definition) is 7. The zero-order valence-electron chi connectivity index (χ0n) is 9.90. The van der Waals surface area contributed by atoms with Crippen molar-refractivity contribution in [2.24, 2.45) is 0 Å². The average molecular weight is 331 g/mol. The Morgan fingerprint density at radius 1 is 1.14 bits per heavy atom. The molecule has 0 radical (unpaired) electrons. The SMILES string of the molecule is O=[N+]([O-])c1ccc(Oc2nc(Cl)ncc2[N+](=O)[O-])c(Cl)c1. The van der Waals surface area contributed by atoms with Crippen LogP contribution in [0.15, 0.2) is 24.4 Å². The van der Waals surface area contributed by atoms with Gasteiger partial charge in [-0.25, -0.2) is 4.98 Å². The van der Waals surface area contributed by atoms with Crippen LogP contribution in [0.5, 0.6) is 11.6 Å². The van der Waals surface area contributed by atoms with E-state index in [-0.39, 0.29) is 21.7 Å². The maximum atomic E-state index is 10.8. The van der Waals surface area contributed by atoms with Gasteiger partial charge in [-0.05, 0) is 17.7 Å². The minimum atomic E-state index is -0.759. The van der Waals surface area contributed by atoms with Crippen molar-refractivity contribution in [1.82, 2.24) is 9.97 Å². The number of ether oxygens (including phenoxy) is 1. The average Bonchev–Trinajstić information content (AvgIpc) is 2.40. The first-order valence-electron chi connectivity index (χ1n) is 5.17. The zero-order chi connectivity index (χ0) is 15.6. The van der Waals surface area contributed by atoms with Crippen molar-refractivity contribution in [3.8, 4) is 11.6 Å². The van der Waals surface area contributed by atoms with Crippen LogP contribution in [0.25, 0.3) is 0 Å². The molecule has 11 heteroatoms. The molecule has 0 bridgehead atoms. The Kier molecular flexibility index (Phi) is 4.15. The Balaban J connectivity index is 2.40. The normalized spacial score (nSPS) is 10.2. The summed E-state index contributed by atoms with van der Waals surface area (Å²) in [6.45, 7) is 0. The van der Waals surface area contributed by atoms with Gasteiger partial charge in [-0.3, -0.25) is 20.2 Å². The molecule has 1 heterocycles. The Morgan fingerprint density at radius 3 is 2.43 bits per heavy atom. The van der Waals surface area contributed by atoms with Crippen molar-refractivity contribution >= 4 is 34.6 Å². The van der Waals surface area contributed by atoms with Crippen molar-refractivity contribution in [3.63, 3.8) is 0 Å². The zero-order valence-corrected chi connectivity index (χ0v) is 11.4. The predicted octanol–water partition coefficient (Wildman–Crippen LogP) is 3.39. The molecule has 108 valence electrons. The number of rotatable bonds is 4. The second kappa shape index (κ2) is 5.85. The molecule has 21 heavy (non-hydrogen) atoms. The molecule has 0 atom stereocenters. The number of halogens is 2. The highest BCUT2D eigenvalue weighted by Crippen LogP contribution is 2.35. The van der Waals surface area contributed by atoms with Crippen LogP contribution in [0.1, 0.15) is 0 Å². The van der Waals surface area contributed by atoms with E-state index < -0.39 is 21.4 Å². The third kappa shape index (κ3) is 3.33. The third-order valence-corrected chi connectivity index (χ3v) is 2.71. The summed E-state index contributed by atoms with van der Waals surface area (Å²) in [7, 11) is 0. The van der Waals surface area contributed by atoms with Crippen LogP contribution < -0.4 is 4.74 Å². The lowest BCUT2D eigenvalue weighted by molar-refractivity contribution is -0.386. The monoisotopic (exact) mass is 330 g/mol. The first kappa shape index (κ1) is 14.9. The van der Waals surface area contributed by atoms with Gasteiger partial charge in [-0.15, -0.1) is 0 Å². The Morgan fingerprint density at radius 2 is 1.86 bits per heavy atom. The number of benzene rings is 1. The molecule has 0 aliphatic heterocycles. The molecule has 1 aromatic heterocycles. The molecule has 9 nitrogen and oxygen atoms in total. The van der Waals surface area contributed by atoms with Gasteiger partial charge in [0.1, 0.15) is 11.9 Å². The highest BCUT2D eigenvalue weighted by Gasteiger charge is 2.21. The van der Waals surface area contributed by atoms with E-state index in [1.807, 2.05) is 0 Å². The Labute approximate surface area is 126 Å². The number of nitrogens with zero attached hydrogens (tertiary/aromatic N) is 4. The smallest absolute Gasteiger partial charge is 0.349 e. The molecule has 2 aromatic rings. The molecule has 2 rings (SSSR count). The van der Waals surface area contributed by atoms with Gasteiger partial charge in [0, 0.05) is 12.1 Å². The Hall–Kier alpha value is -2.52. The van der Waals surface area contributed by atoms with Crippen LogP contribution in [0.3, 0.4) is 0 Å². The van der Waals surface area contributed by atoms with Crippen LogP contribution in [0.2, 0.25) is 10.3 Å². The van der Waals surface area contributed by atoms with Crippen molar-refractivity contribution in [1.29, 1.82) is 0 Å². The molecule has 0 spiro atoms. The number of hydrogen-bond donors (Lipinski definition) is 0. The van der Waals surface area contributed by atoms with Gasteiger partial charge in [0.05, 0.1) is 14.9 Å². The van der Waals surface area contributed by atoms with Crippen molar-refractivity contribution in [2.45, 2.75) is 0 Å². The summed E-state index contributed by atoms with van der Waals surface area (Å²) in [6.07, 6.45) is 0.879. The highest BCUT2D eigenvalue weighted by atomic mass is 35.5. The number of nitro benzene ring substituents is 1. The topological polar surface area (TPSA) is 121 Å². The van der Waals surface area contributed by atoms with E-state index in [0.29, 0.717) is 0 Å². The summed E-state index contributed by atoms with van der Waals surface area (Å²) in [5.74, 6) is -0.462. The standard InChI is InChI=1S/C10H4Cl2N4O5/c11-6-3-5(15(17)18)1-2-8(6)21-9-7(16(19)20)4-13-10(12)14-9/h1-4H. The maximum absolute atomic E-state index is 10.8. The van der Waals surface area contributed by atoms with Gasteiger partial charge in [0.15, 0.2) is 0 Å². The summed E-state index contributed by atoms with van der Waals surface area (Å²) in [5.41, 5.74) is -0.767. The molecular weight excluding hydrogens is 327 g/mol. The molecule has 1 aromatic carbocycles. The first-order chi connectivity index (χ1) is 9.88. The lowest BCUT2D eigenvalue weighted by Gasteiger charge is -2.06. The predicted molar refractivity (Wildman–Crippen MR) is 71.9 cm³/mol. The van der Waals surface area contributed by atoms with Crippen LogP contribution >= 0.6 is 23.2 Å². The summed E-state index contributed by atoms with van der Waals surface area (Å²) in [4.78, 5) is 27.1. The Bertz CT molecular complexity index is 739. The van der Waals surface area contributed by atoms with Crippen molar-refractivity contribution < 1.29 is 14.6 Å². The van der Waals surface area contributed by atoms with E-state index in [2.05, 4.69) is 9.97 Å². The number of aromatic nitrogens is 2. The van der Waals surface area contributed by atoms with E-state index in [0.717, 1.165) is 18.3 Å². The van der Waals surface area contributed by atoms with Gasteiger partial charge >= 0.3 is 11.6 Å². The second-order valence-electron chi connectivity index (χ2n) is 3.56. The fourth-order valence-electron chi connectivity index (χ4n) is 1.33. The maximum Gasteiger partial charge on any atom is 0.349 e. The molecule has 0 aliphatic rings. The summed E-state index contributed by atoms with van der Waals surface area (Å²) < 4.78 is 5.19. The van der Waals surface area contributed by atoms with Gasteiger partial charge in [0.2, 0.25) is 5.28 Å². The number of non-ortho nitro benzene ring substituents is 1. The summed E-state index contributed by atoms with van der Waals surface area (Å²) in [5, 5.41) is 21.1. The summed E-state index contributed by atoms with van der Waals surface area (Å²) in [6, 6.07) is 3.38. The molecule has 0 N–H and O–H groups in total. The van der Waals surface area contributed by atoms with E-state index in [1.165, 1.54) is 6.07 Å². The highest BCUT2D eigenvalue weighted by molar-refractivity contribution is 6.32. The molecule has 0 fully saturated rings. The number of nitro groups is 2. The van der Waals surface area contributed by atoms with Crippen LogP contribution in [0.4, 0.5) is 11.4 Å². The van der Waals surface area contributed by atoms with Gasteiger partial charge in [-0.1, -0.05) is 11.6 Å². The molecular formula is C10H4Cl2N4O5. The van der Waals surface area contributed by atoms with Gasteiger partial charge < -0.3 is 4.74 Å². The third-order valence-electron chi connectivity index (χ3n) is 2.24.